The highest BCUT2D eigenvalue weighted by Crippen LogP contribution is 2.30. The summed E-state index contributed by atoms with van der Waals surface area (Å²) in [4.78, 5) is 53.4. The zero-order valence-corrected chi connectivity index (χ0v) is 23.7. The van der Waals surface area contributed by atoms with Gasteiger partial charge in [0.25, 0.3) is 5.91 Å². The fraction of sp³-hybridized carbons (Fsp3) is 0.200. The Balaban J connectivity index is 1.32. The molecule has 44 heavy (non-hydrogen) atoms. The van der Waals surface area contributed by atoms with E-state index in [1.165, 1.54) is 23.2 Å². The zero-order chi connectivity index (χ0) is 31.3. The minimum Gasteiger partial charge on any atom is -0.419 e. The molecule has 10 nitrogen and oxygen atoms in total. The lowest BCUT2D eigenvalue weighted by molar-refractivity contribution is -0.189. The van der Waals surface area contributed by atoms with Crippen molar-refractivity contribution in [3.8, 4) is 17.0 Å². The second kappa shape index (κ2) is 13.1. The summed E-state index contributed by atoms with van der Waals surface area (Å²) in [6, 6.07) is 15.9. The summed E-state index contributed by atoms with van der Waals surface area (Å²) in [5, 5.41) is 3.42. The molecule has 1 aliphatic rings. The SMILES string of the molecule is O=C(Cc1cccnc1)N1CCN(C(=O)c2ccc(Nc3nccc(-c4ccc(Cl)cc4)n3)cc2OC(=O)C(F)(F)F)CC1. The van der Waals surface area contributed by atoms with Crippen molar-refractivity contribution in [3.63, 3.8) is 0 Å². The van der Waals surface area contributed by atoms with Crippen LogP contribution in [0, 0.1) is 0 Å². The minimum atomic E-state index is -5.29. The first kappa shape index (κ1) is 30.4. The average molecular weight is 625 g/mol. The van der Waals surface area contributed by atoms with Crippen LogP contribution in [0.5, 0.6) is 5.75 Å². The summed E-state index contributed by atoms with van der Waals surface area (Å²) < 4.78 is 44.0. The summed E-state index contributed by atoms with van der Waals surface area (Å²) in [5.41, 5.74) is 1.97. The number of nitrogens with one attached hydrogen (secondary N) is 1. The van der Waals surface area contributed by atoms with Crippen LogP contribution in [0.15, 0.2) is 79.3 Å². The molecular formula is C30H24ClF3N6O4. The molecule has 0 atom stereocenters. The number of amides is 2. The van der Waals surface area contributed by atoms with Gasteiger partial charge >= 0.3 is 12.1 Å². The van der Waals surface area contributed by atoms with E-state index in [0.717, 1.165) is 17.2 Å². The summed E-state index contributed by atoms with van der Waals surface area (Å²) in [7, 11) is 0. The van der Waals surface area contributed by atoms with Gasteiger partial charge in [0, 0.05) is 67.1 Å². The maximum Gasteiger partial charge on any atom is 0.491 e. The first-order valence-corrected chi connectivity index (χ1v) is 13.7. The second-order valence-electron chi connectivity index (χ2n) is 9.71. The van der Waals surface area contributed by atoms with E-state index < -0.39 is 23.8 Å². The van der Waals surface area contributed by atoms with E-state index >= 15 is 0 Å². The Hall–Kier alpha value is -5.04. The van der Waals surface area contributed by atoms with Gasteiger partial charge in [-0.15, -0.1) is 0 Å². The minimum absolute atomic E-state index is 0.108. The normalized spacial score (nSPS) is 13.4. The third-order valence-electron chi connectivity index (χ3n) is 6.70. The van der Waals surface area contributed by atoms with Gasteiger partial charge in [0.05, 0.1) is 17.7 Å². The predicted molar refractivity (Wildman–Crippen MR) is 154 cm³/mol. The number of halogens is 4. The van der Waals surface area contributed by atoms with Gasteiger partial charge in [0.2, 0.25) is 11.9 Å². The highest BCUT2D eigenvalue weighted by atomic mass is 35.5. The molecule has 0 aliphatic carbocycles. The number of carbonyl (C=O) groups is 3. The Bertz CT molecular complexity index is 1660. The number of rotatable bonds is 7. The van der Waals surface area contributed by atoms with Gasteiger partial charge in [-0.2, -0.15) is 13.2 Å². The van der Waals surface area contributed by atoms with Crippen molar-refractivity contribution in [2.45, 2.75) is 12.6 Å². The van der Waals surface area contributed by atoms with Gasteiger partial charge in [-0.1, -0.05) is 29.8 Å². The number of piperazine rings is 1. The van der Waals surface area contributed by atoms with Crippen molar-refractivity contribution in [2.75, 3.05) is 31.5 Å². The molecule has 0 saturated carbocycles. The number of hydrogen-bond acceptors (Lipinski definition) is 8. The topological polar surface area (TPSA) is 118 Å². The summed E-state index contributed by atoms with van der Waals surface area (Å²) in [6.45, 7) is 0.720. The van der Waals surface area contributed by atoms with Gasteiger partial charge in [-0.25, -0.2) is 14.8 Å². The molecule has 1 aliphatic heterocycles. The third kappa shape index (κ3) is 7.48. The van der Waals surface area contributed by atoms with Crippen LogP contribution in [-0.4, -0.2) is 74.9 Å². The zero-order valence-electron chi connectivity index (χ0n) is 22.9. The van der Waals surface area contributed by atoms with Crippen molar-refractivity contribution < 1.29 is 32.3 Å². The maximum atomic E-state index is 13.4. The van der Waals surface area contributed by atoms with Crippen LogP contribution >= 0.6 is 11.6 Å². The molecule has 5 rings (SSSR count). The van der Waals surface area contributed by atoms with E-state index in [4.69, 9.17) is 11.6 Å². The van der Waals surface area contributed by atoms with Crippen LogP contribution in [0.3, 0.4) is 0 Å². The van der Waals surface area contributed by atoms with Gasteiger partial charge in [-0.05, 0) is 42.0 Å². The second-order valence-corrected chi connectivity index (χ2v) is 10.1. The number of ether oxygens (including phenoxy) is 1. The number of pyridine rings is 1. The first-order chi connectivity index (χ1) is 21.1. The van der Waals surface area contributed by atoms with E-state index in [2.05, 4.69) is 25.0 Å². The molecule has 14 heteroatoms. The molecular weight excluding hydrogens is 601 g/mol. The smallest absolute Gasteiger partial charge is 0.419 e. The third-order valence-corrected chi connectivity index (χ3v) is 6.95. The molecule has 2 aromatic heterocycles. The van der Waals surface area contributed by atoms with Crippen LogP contribution in [0.1, 0.15) is 15.9 Å². The number of hydrogen-bond donors (Lipinski definition) is 1. The number of esters is 1. The molecule has 2 amide bonds. The van der Waals surface area contributed by atoms with Gasteiger partial charge < -0.3 is 19.9 Å². The quantitative estimate of drug-likeness (QED) is 0.227. The fourth-order valence-corrected chi connectivity index (χ4v) is 4.59. The first-order valence-electron chi connectivity index (χ1n) is 13.3. The van der Waals surface area contributed by atoms with Gasteiger partial charge in [0.15, 0.2) is 0 Å². The number of alkyl halides is 3. The average Bonchev–Trinajstić information content (AvgIpc) is 3.01. The molecule has 0 unspecified atom stereocenters. The Morgan fingerprint density at radius 2 is 1.66 bits per heavy atom. The van der Waals surface area contributed by atoms with Crippen LogP contribution in [-0.2, 0) is 16.0 Å². The van der Waals surface area contributed by atoms with Crippen molar-refractivity contribution in [2.24, 2.45) is 0 Å². The molecule has 0 spiro atoms. The number of aromatic nitrogens is 3. The molecule has 1 saturated heterocycles. The van der Waals surface area contributed by atoms with E-state index in [1.54, 1.807) is 59.8 Å². The van der Waals surface area contributed by atoms with E-state index in [1.807, 2.05) is 0 Å². The Labute approximate surface area is 254 Å². The van der Waals surface area contributed by atoms with Crippen LogP contribution in [0.25, 0.3) is 11.3 Å². The Morgan fingerprint density at radius 3 is 2.34 bits per heavy atom. The van der Waals surface area contributed by atoms with Crippen molar-refractivity contribution in [3.05, 3.63) is 95.4 Å². The summed E-state index contributed by atoms with van der Waals surface area (Å²) >= 11 is 5.95. The molecule has 4 aromatic rings. The molecule has 1 N–H and O–H groups in total. The van der Waals surface area contributed by atoms with E-state index in [0.29, 0.717) is 10.7 Å². The molecule has 226 valence electrons. The number of carbonyl (C=O) groups excluding carboxylic acids is 3. The van der Waals surface area contributed by atoms with Gasteiger partial charge in [-0.3, -0.25) is 14.6 Å². The number of benzene rings is 2. The summed E-state index contributed by atoms with van der Waals surface area (Å²) in [5.74, 6) is -3.75. The standard InChI is InChI=1S/C30H24ClF3N6O4/c31-21-5-3-20(4-6-21)24-9-11-36-29(38-24)37-22-7-8-23(25(17-22)44-28(43)30(32,33)34)27(42)40-14-12-39(13-15-40)26(41)16-19-2-1-10-35-18-19/h1-11,17-18H,12-16H2,(H,36,37,38). The molecule has 2 aromatic carbocycles. The van der Waals surface area contributed by atoms with Crippen molar-refractivity contribution in [1.82, 2.24) is 24.8 Å². The van der Waals surface area contributed by atoms with Crippen LogP contribution < -0.4 is 10.1 Å². The predicted octanol–water partition coefficient (Wildman–Crippen LogP) is 4.93. The highest BCUT2D eigenvalue weighted by Gasteiger charge is 2.42. The van der Waals surface area contributed by atoms with Gasteiger partial charge in [0.1, 0.15) is 5.75 Å². The fourth-order valence-electron chi connectivity index (χ4n) is 4.47. The highest BCUT2D eigenvalue weighted by molar-refractivity contribution is 6.30. The lowest BCUT2D eigenvalue weighted by atomic mass is 10.1. The number of nitrogens with zero attached hydrogens (tertiary/aromatic N) is 5. The van der Waals surface area contributed by atoms with E-state index in [-0.39, 0.29) is 55.7 Å². The largest absolute Gasteiger partial charge is 0.491 e. The Kier molecular flexibility index (Phi) is 9.04. The lowest BCUT2D eigenvalue weighted by Crippen LogP contribution is -2.51. The molecule has 0 radical (unpaired) electrons. The molecule has 3 heterocycles. The monoisotopic (exact) mass is 624 g/mol. The van der Waals surface area contributed by atoms with E-state index in [9.17, 15) is 27.6 Å². The van der Waals surface area contributed by atoms with Crippen LogP contribution in [0.4, 0.5) is 24.8 Å². The van der Waals surface area contributed by atoms with Crippen LogP contribution in [0.2, 0.25) is 5.02 Å². The summed E-state index contributed by atoms with van der Waals surface area (Å²) in [6.07, 6.45) is -0.444. The molecule has 1 fully saturated rings. The Morgan fingerprint density at radius 1 is 0.932 bits per heavy atom. The maximum absolute atomic E-state index is 13.4. The number of anilines is 2. The lowest BCUT2D eigenvalue weighted by Gasteiger charge is -2.35. The van der Waals surface area contributed by atoms with Crippen molar-refractivity contribution in [1.29, 1.82) is 0 Å². The van der Waals surface area contributed by atoms with Crippen molar-refractivity contribution >= 4 is 41.0 Å². The molecule has 0 bridgehead atoms.